The van der Waals surface area contributed by atoms with E-state index in [0.29, 0.717) is 19.5 Å². The van der Waals surface area contributed by atoms with E-state index in [2.05, 4.69) is 10.3 Å². The minimum atomic E-state index is -0.0839. The van der Waals surface area contributed by atoms with Crippen LogP contribution in [0.15, 0.2) is 11.1 Å². The van der Waals surface area contributed by atoms with Gasteiger partial charge < -0.3 is 10.2 Å². The van der Waals surface area contributed by atoms with E-state index in [4.69, 9.17) is 0 Å². The average molecular weight is 250 g/mol. The summed E-state index contributed by atoms with van der Waals surface area (Å²) in [6.45, 7) is 4.02. The zero-order chi connectivity index (χ0) is 13.1. The van der Waals surface area contributed by atoms with Gasteiger partial charge in [0.15, 0.2) is 0 Å². The largest absolute Gasteiger partial charge is 0.344 e. The zero-order valence-corrected chi connectivity index (χ0v) is 10.8. The van der Waals surface area contributed by atoms with E-state index < -0.39 is 0 Å². The van der Waals surface area contributed by atoms with Crippen molar-refractivity contribution >= 4 is 5.91 Å². The number of nitrogens with zero attached hydrogens (tertiary/aromatic N) is 3. The molecule has 2 heterocycles. The molecule has 0 saturated carbocycles. The van der Waals surface area contributed by atoms with Crippen LogP contribution in [0.4, 0.5) is 0 Å². The molecule has 0 aromatic carbocycles. The van der Waals surface area contributed by atoms with Crippen molar-refractivity contribution in [3.63, 3.8) is 0 Å². The van der Waals surface area contributed by atoms with Crippen molar-refractivity contribution in [2.75, 3.05) is 20.1 Å². The van der Waals surface area contributed by atoms with E-state index in [9.17, 15) is 9.59 Å². The highest BCUT2D eigenvalue weighted by molar-refractivity contribution is 5.75. The molecule has 0 unspecified atom stereocenters. The van der Waals surface area contributed by atoms with E-state index in [0.717, 1.165) is 17.8 Å². The fraction of sp³-hybridized carbons (Fsp3) is 0.583. The van der Waals surface area contributed by atoms with E-state index in [-0.39, 0.29) is 18.0 Å². The van der Waals surface area contributed by atoms with Gasteiger partial charge in [-0.1, -0.05) is 0 Å². The highest BCUT2D eigenvalue weighted by atomic mass is 16.2. The van der Waals surface area contributed by atoms with Crippen LogP contribution in [0.25, 0.3) is 0 Å². The van der Waals surface area contributed by atoms with Gasteiger partial charge in [0.2, 0.25) is 5.91 Å². The number of carbonyl (C=O) groups excluding carboxylic acids is 1. The first-order valence-corrected chi connectivity index (χ1v) is 6.15. The zero-order valence-electron chi connectivity index (χ0n) is 10.8. The lowest BCUT2D eigenvalue weighted by Crippen LogP contribution is -2.38. The summed E-state index contributed by atoms with van der Waals surface area (Å²) in [5.74, 6) is -0.0738. The van der Waals surface area contributed by atoms with E-state index in [1.165, 1.54) is 10.9 Å². The van der Waals surface area contributed by atoms with Crippen LogP contribution in [0.3, 0.4) is 0 Å². The van der Waals surface area contributed by atoms with Gasteiger partial charge in [-0.3, -0.25) is 14.2 Å². The van der Waals surface area contributed by atoms with Gasteiger partial charge in [0.25, 0.3) is 5.56 Å². The standard InChI is InChI=1S/C12H18N4O2/c1-3-15(2)11(17)7-16-8-14-10-6-13-5-4-9(10)12(16)18/h8,13H,3-7H2,1-2H3. The van der Waals surface area contributed by atoms with Crippen LogP contribution in [-0.2, 0) is 24.3 Å². The van der Waals surface area contributed by atoms with Gasteiger partial charge >= 0.3 is 0 Å². The maximum absolute atomic E-state index is 12.2. The number of nitrogens with one attached hydrogen (secondary N) is 1. The van der Waals surface area contributed by atoms with Crippen molar-refractivity contribution in [3.8, 4) is 0 Å². The number of fused-ring (bicyclic) bond motifs is 1. The molecule has 6 heteroatoms. The van der Waals surface area contributed by atoms with Crippen LogP contribution < -0.4 is 10.9 Å². The molecule has 0 atom stereocenters. The van der Waals surface area contributed by atoms with E-state index in [1.54, 1.807) is 11.9 Å². The maximum Gasteiger partial charge on any atom is 0.257 e. The summed E-state index contributed by atoms with van der Waals surface area (Å²) in [5.41, 5.74) is 1.46. The monoisotopic (exact) mass is 250 g/mol. The summed E-state index contributed by atoms with van der Waals surface area (Å²) >= 11 is 0. The van der Waals surface area contributed by atoms with Gasteiger partial charge in [-0.25, -0.2) is 4.98 Å². The minimum absolute atomic E-state index is 0.0664. The second-order valence-electron chi connectivity index (χ2n) is 4.44. The first-order chi connectivity index (χ1) is 8.63. The summed E-state index contributed by atoms with van der Waals surface area (Å²) in [6, 6.07) is 0. The molecule has 0 bridgehead atoms. The third-order valence-electron chi connectivity index (χ3n) is 3.27. The molecule has 1 aliphatic heterocycles. The fourth-order valence-corrected chi connectivity index (χ4v) is 1.95. The Morgan fingerprint density at radius 3 is 3.11 bits per heavy atom. The number of amides is 1. The van der Waals surface area contributed by atoms with Gasteiger partial charge in [-0.05, 0) is 19.9 Å². The maximum atomic E-state index is 12.2. The van der Waals surface area contributed by atoms with Crippen molar-refractivity contribution in [2.45, 2.75) is 26.4 Å². The number of hydrogen-bond acceptors (Lipinski definition) is 4. The molecule has 1 N–H and O–H groups in total. The summed E-state index contributed by atoms with van der Waals surface area (Å²) in [7, 11) is 1.73. The second-order valence-corrected chi connectivity index (χ2v) is 4.44. The predicted molar refractivity (Wildman–Crippen MR) is 67.2 cm³/mol. The van der Waals surface area contributed by atoms with Crippen molar-refractivity contribution in [3.05, 3.63) is 27.9 Å². The molecule has 1 amide bonds. The molecule has 2 rings (SSSR count). The Hall–Kier alpha value is -1.69. The molecule has 1 aliphatic rings. The Morgan fingerprint density at radius 2 is 2.39 bits per heavy atom. The molecule has 18 heavy (non-hydrogen) atoms. The van der Waals surface area contributed by atoms with Crippen LogP contribution in [0.5, 0.6) is 0 Å². The number of carbonyl (C=O) groups is 1. The highest BCUT2D eigenvalue weighted by Crippen LogP contribution is 2.05. The molecule has 0 aliphatic carbocycles. The lowest BCUT2D eigenvalue weighted by molar-refractivity contribution is -0.130. The third kappa shape index (κ3) is 2.43. The van der Waals surface area contributed by atoms with Crippen LogP contribution in [0.1, 0.15) is 18.2 Å². The Labute approximate surface area is 106 Å². The molecule has 0 radical (unpaired) electrons. The molecule has 6 nitrogen and oxygen atoms in total. The lowest BCUT2D eigenvalue weighted by Gasteiger charge is -2.18. The number of aromatic nitrogens is 2. The predicted octanol–water partition coefficient (Wildman–Crippen LogP) is -0.633. The summed E-state index contributed by atoms with van der Waals surface area (Å²) in [6.07, 6.45) is 2.15. The Bertz CT molecular complexity index is 509. The molecular formula is C12H18N4O2. The quantitative estimate of drug-likeness (QED) is 0.775. The average Bonchev–Trinajstić information content (AvgIpc) is 2.41. The van der Waals surface area contributed by atoms with Crippen molar-refractivity contribution in [1.29, 1.82) is 0 Å². The molecule has 0 fully saturated rings. The van der Waals surface area contributed by atoms with Crippen LogP contribution in [0, 0.1) is 0 Å². The van der Waals surface area contributed by atoms with E-state index in [1.807, 2.05) is 6.92 Å². The lowest BCUT2D eigenvalue weighted by atomic mass is 10.1. The van der Waals surface area contributed by atoms with Crippen LogP contribution in [-0.4, -0.2) is 40.5 Å². The summed E-state index contributed by atoms with van der Waals surface area (Å²) in [5, 5.41) is 3.17. The van der Waals surface area contributed by atoms with Crippen molar-refractivity contribution in [1.82, 2.24) is 19.8 Å². The Balaban J connectivity index is 2.25. The van der Waals surface area contributed by atoms with Crippen LogP contribution >= 0.6 is 0 Å². The Morgan fingerprint density at radius 1 is 1.61 bits per heavy atom. The molecule has 1 aromatic heterocycles. The topological polar surface area (TPSA) is 67.2 Å². The number of likely N-dealkylation sites (N-methyl/N-ethyl adjacent to an activating group) is 1. The minimum Gasteiger partial charge on any atom is -0.344 e. The first kappa shape index (κ1) is 12.8. The molecule has 0 saturated heterocycles. The van der Waals surface area contributed by atoms with Gasteiger partial charge in [0.1, 0.15) is 6.54 Å². The smallest absolute Gasteiger partial charge is 0.257 e. The van der Waals surface area contributed by atoms with Gasteiger partial charge in [-0.15, -0.1) is 0 Å². The number of hydrogen-bond donors (Lipinski definition) is 1. The first-order valence-electron chi connectivity index (χ1n) is 6.15. The summed E-state index contributed by atoms with van der Waals surface area (Å²) in [4.78, 5) is 29.8. The third-order valence-corrected chi connectivity index (χ3v) is 3.27. The van der Waals surface area contributed by atoms with Gasteiger partial charge in [-0.2, -0.15) is 0 Å². The normalized spacial score (nSPS) is 14.1. The van der Waals surface area contributed by atoms with Gasteiger partial charge in [0.05, 0.1) is 12.0 Å². The SMILES string of the molecule is CCN(C)C(=O)Cn1cnc2c(c1=O)CCNC2. The Kier molecular flexibility index (Phi) is 3.76. The van der Waals surface area contributed by atoms with Crippen molar-refractivity contribution < 1.29 is 4.79 Å². The highest BCUT2D eigenvalue weighted by Gasteiger charge is 2.16. The second kappa shape index (κ2) is 5.30. The summed E-state index contributed by atoms with van der Waals surface area (Å²) < 4.78 is 1.40. The molecular weight excluding hydrogens is 232 g/mol. The van der Waals surface area contributed by atoms with E-state index >= 15 is 0 Å². The molecule has 0 spiro atoms. The van der Waals surface area contributed by atoms with Gasteiger partial charge in [0, 0.05) is 25.7 Å². The van der Waals surface area contributed by atoms with Crippen LogP contribution in [0.2, 0.25) is 0 Å². The van der Waals surface area contributed by atoms with Crippen molar-refractivity contribution in [2.24, 2.45) is 0 Å². The fourth-order valence-electron chi connectivity index (χ4n) is 1.95. The number of rotatable bonds is 3. The molecule has 98 valence electrons. The molecule has 1 aromatic rings.